The van der Waals surface area contributed by atoms with Gasteiger partial charge in [0.1, 0.15) is 18.1 Å². The van der Waals surface area contributed by atoms with Crippen LogP contribution in [0.2, 0.25) is 0 Å². The van der Waals surface area contributed by atoms with Crippen LogP contribution in [0, 0.1) is 5.82 Å². The molecule has 2 aromatic rings. The third kappa shape index (κ3) is 5.18. The van der Waals surface area contributed by atoms with Crippen LogP contribution in [0.25, 0.3) is 0 Å². The number of nitrogens with one attached hydrogen (secondary N) is 1. The number of benzene rings is 2. The number of amides is 1. The number of carbonyl (C=O) groups excluding carboxylic acids is 2. The molecule has 0 aliphatic carbocycles. The van der Waals surface area contributed by atoms with E-state index in [0.29, 0.717) is 17.6 Å². The Kier molecular flexibility index (Phi) is 6.74. The van der Waals surface area contributed by atoms with Crippen LogP contribution >= 0.6 is 0 Å². The minimum atomic E-state index is -0.495. The van der Waals surface area contributed by atoms with Crippen molar-refractivity contribution in [3.8, 4) is 0 Å². The van der Waals surface area contributed by atoms with Crippen LogP contribution in [-0.4, -0.2) is 25.0 Å². The van der Waals surface area contributed by atoms with Crippen molar-refractivity contribution in [3.63, 3.8) is 0 Å². The zero-order valence-electron chi connectivity index (χ0n) is 16.7. The average molecular weight is 413 g/mol. The van der Waals surface area contributed by atoms with Gasteiger partial charge in [0.2, 0.25) is 0 Å². The molecule has 0 aromatic heterocycles. The fourth-order valence-corrected chi connectivity index (χ4v) is 3.29. The maximum absolute atomic E-state index is 13.9. The molecular formula is C23H23F2N2O3+. The molecule has 0 fully saturated rings. The third-order valence-corrected chi connectivity index (χ3v) is 4.99. The highest BCUT2D eigenvalue weighted by Gasteiger charge is 2.28. The summed E-state index contributed by atoms with van der Waals surface area (Å²) in [6, 6.07) is 12.0. The van der Waals surface area contributed by atoms with Crippen molar-refractivity contribution in [1.29, 1.82) is 0 Å². The van der Waals surface area contributed by atoms with Crippen molar-refractivity contribution in [1.82, 2.24) is 5.32 Å². The lowest BCUT2D eigenvalue weighted by Crippen LogP contribution is -2.87. The Morgan fingerprint density at radius 3 is 2.40 bits per heavy atom. The molecule has 0 saturated carbocycles. The van der Waals surface area contributed by atoms with Crippen molar-refractivity contribution >= 4 is 11.9 Å². The van der Waals surface area contributed by atoms with Gasteiger partial charge in [-0.2, -0.15) is 0 Å². The minimum absolute atomic E-state index is 0.303. The quantitative estimate of drug-likeness (QED) is 0.716. The second-order valence-corrected chi connectivity index (χ2v) is 7.09. The molecular weight excluding hydrogens is 390 g/mol. The first-order valence-corrected chi connectivity index (χ1v) is 9.53. The second-order valence-electron chi connectivity index (χ2n) is 7.09. The summed E-state index contributed by atoms with van der Waals surface area (Å²) in [7, 11) is 1.31. The molecule has 156 valence electrons. The van der Waals surface area contributed by atoms with Crippen molar-refractivity contribution in [2.45, 2.75) is 25.4 Å². The molecule has 30 heavy (non-hydrogen) atoms. The zero-order valence-corrected chi connectivity index (χ0v) is 16.7. The van der Waals surface area contributed by atoms with Gasteiger partial charge in [-0.15, -0.1) is 0 Å². The zero-order chi connectivity index (χ0) is 21.7. The van der Waals surface area contributed by atoms with Gasteiger partial charge in [-0.25, -0.2) is 13.6 Å². The predicted molar refractivity (Wildman–Crippen MR) is 107 cm³/mol. The van der Waals surface area contributed by atoms with E-state index in [4.69, 9.17) is 0 Å². The molecule has 2 atom stereocenters. The highest BCUT2D eigenvalue weighted by Crippen LogP contribution is 2.18. The maximum Gasteiger partial charge on any atom is 0.337 e. The molecule has 3 rings (SSSR count). The van der Waals surface area contributed by atoms with Crippen LogP contribution < -0.4 is 10.6 Å². The summed E-state index contributed by atoms with van der Waals surface area (Å²) in [5.41, 5.74) is 2.36. The van der Waals surface area contributed by atoms with Crippen molar-refractivity contribution in [2.24, 2.45) is 0 Å². The summed E-state index contributed by atoms with van der Waals surface area (Å²) in [6.45, 7) is 1.80. The Hall–Kier alpha value is -3.32. The van der Waals surface area contributed by atoms with Crippen molar-refractivity contribution in [3.05, 3.63) is 94.7 Å². The third-order valence-electron chi connectivity index (χ3n) is 4.99. The summed E-state index contributed by atoms with van der Waals surface area (Å²) in [5.74, 6) is -1.65. The number of halogens is 2. The number of carbonyl (C=O) groups is 2. The molecule has 0 bridgehead atoms. The number of hydrogen-bond donors (Lipinski definition) is 2. The molecule has 1 aliphatic heterocycles. The van der Waals surface area contributed by atoms with Crippen molar-refractivity contribution in [2.75, 3.05) is 7.11 Å². The highest BCUT2D eigenvalue weighted by molar-refractivity contribution is 5.95. The van der Waals surface area contributed by atoms with Gasteiger partial charge in [0.15, 0.2) is 5.83 Å². The number of ether oxygens (including phenoxy) is 1. The Balaban J connectivity index is 1.71. The van der Waals surface area contributed by atoms with E-state index in [1.165, 1.54) is 31.5 Å². The Labute approximate surface area is 173 Å². The number of quaternary nitrogens is 1. The molecule has 1 unspecified atom stereocenters. The van der Waals surface area contributed by atoms with Gasteiger partial charge in [-0.05, 0) is 48.4 Å². The molecule has 0 saturated heterocycles. The molecule has 0 spiro atoms. The van der Waals surface area contributed by atoms with E-state index < -0.39 is 11.8 Å². The number of rotatable bonds is 6. The Morgan fingerprint density at radius 1 is 1.10 bits per heavy atom. The Morgan fingerprint density at radius 2 is 1.77 bits per heavy atom. The van der Waals surface area contributed by atoms with E-state index in [1.54, 1.807) is 48.6 Å². The van der Waals surface area contributed by atoms with Gasteiger partial charge in [0, 0.05) is 6.42 Å². The van der Waals surface area contributed by atoms with E-state index in [-0.39, 0.29) is 23.8 Å². The lowest BCUT2D eigenvalue weighted by Gasteiger charge is -2.22. The standard InChI is InChI=1S/C23H22F2N2O3/c1-14(16-5-7-17(8-6-16)23(29)30-2)27-22(28)20-12-19(25)13-26-21(20)11-15-3-9-18(24)10-4-15/h3-10,12-14,21,26H,11H2,1-2H3,(H,27,28)/p+1/t14-,21?/m0/s1. The van der Waals surface area contributed by atoms with E-state index in [0.717, 1.165) is 11.1 Å². The SMILES string of the molecule is COC(=O)c1ccc([C@H](C)NC(=O)C2=CC(F)=C[NH2+]C2Cc2ccc(F)cc2)cc1. The number of nitrogens with two attached hydrogens (primary N) is 1. The lowest BCUT2D eigenvalue weighted by atomic mass is 9.95. The van der Waals surface area contributed by atoms with Crippen LogP contribution in [0.5, 0.6) is 0 Å². The number of esters is 1. The molecule has 7 heteroatoms. The number of allylic oxidation sites excluding steroid dienone is 2. The van der Waals surface area contributed by atoms with Gasteiger partial charge < -0.3 is 15.4 Å². The van der Waals surface area contributed by atoms with Crippen LogP contribution in [0.1, 0.15) is 34.5 Å². The van der Waals surface area contributed by atoms with E-state index in [1.807, 2.05) is 0 Å². The van der Waals surface area contributed by atoms with Crippen LogP contribution in [-0.2, 0) is 16.0 Å². The van der Waals surface area contributed by atoms with Gasteiger partial charge in [0.25, 0.3) is 5.91 Å². The average Bonchev–Trinajstić information content (AvgIpc) is 2.76. The second kappa shape index (κ2) is 9.45. The van der Waals surface area contributed by atoms with Crippen LogP contribution in [0.4, 0.5) is 8.78 Å². The molecule has 5 nitrogen and oxygen atoms in total. The number of methoxy groups -OCH3 is 1. The first-order chi connectivity index (χ1) is 14.4. The highest BCUT2D eigenvalue weighted by atomic mass is 19.1. The van der Waals surface area contributed by atoms with Crippen molar-refractivity contribution < 1.29 is 28.4 Å². The largest absolute Gasteiger partial charge is 0.465 e. The number of hydrogen-bond acceptors (Lipinski definition) is 3. The summed E-state index contributed by atoms with van der Waals surface area (Å²) in [4.78, 5) is 24.4. The fraction of sp³-hybridized carbons (Fsp3) is 0.217. The molecule has 2 aromatic carbocycles. The minimum Gasteiger partial charge on any atom is -0.465 e. The van der Waals surface area contributed by atoms with Gasteiger partial charge >= 0.3 is 5.97 Å². The van der Waals surface area contributed by atoms with Crippen LogP contribution in [0.15, 0.2) is 72.2 Å². The molecule has 1 aliphatic rings. The smallest absolute Gasteiger partial charge is 0.337 e. The first kappa shape index (κ1) is 21.4. The first-order valence-electron chi connectivity index (χ1n) is 9.53. The molecule has 0 radical (unpaired) electrons. The van der Waals surface area contributed by atoms with E-state index >= 15 is 0 Å². The van der Waals surface area contributed by atoms with Gasteiger partial charge in [-0.3, -0.25) is 4.79 Å². The Bertz CT molecular complexity index is 983. The molecule has 3 N–H and O–H groups in total. The molecule has 1 heterocycles. The van der Waals surface area contributed by atoms with Gasteiger partial charge in [-0.1, -0.05) is 24.3 Å². The predicted octanol–water partition coefficient (Wildman–Crippen LogP) is 2.72. The lowest BCUT2D eigenvalue weighted by molar-refractivity contribution is -0.618. The van der Waals surface area contributed by atoms with E-state index in [9.17, 15) is 18.4 Å². The topological polar surface area (TPSA) is 72.0 Å². The van der Waals surface area contributed by atoms with Crippen LogP contribution in [0.3, 0.4) is 0 Å². The summed E-state index contributed by atoms with van der Waals surface area (Å²) < 4.78 is 31.7. The molecule has 1 amide bonds. The van der Waals surface area contributed by atoms with E-state index in [2.05, 4.69) is 10.1 Å². The summed E-state index contributed by atoms with van der Waals surface area (Å²) in [5, 5.41) is 4.52. The summed E-state index contributed by atoms with van der Waals surface area (Å²) >= 11 is 0. The summed E-state index contributed by atoms with van der Waals surface area (Å²) in [6.07, 6.45) is 3.02. The maximum atomic E-state index is 13.9. The monoisotopic (exact) mass is 413 g/mol. The fourth-order valence-electron chi connectivity index (χ4n) is 3.29. The normalized spacial score (nSPS) is 16.9. The van der Waals surface area contributed by atoms with Gasteiger partial charge in [0.05, 0.1) is 24.3 Å².